The fourth-order valence-electron chi connectivity index (χ4n) is 1.19. The standard InChI is InChI=1S/C9H10FNO2S/c1-3-14-7-4-6(2)9(11(12)13)8(10)5-7/h4-5H,3H2,1-2H3. The molecule has 0 heterocycles. The van der Waals surface area contributed by atoms with E-state index in [0.29, 0.717) is 5.56 Å². The second kappa shape index (κ2) is 4.41. The monoisotopic (exact) mass is 215 g/mol. The molecule has 1 aromatic rings. The SMILES string of the molecule is CCSc1cc(C)c([N+](=O)[O-])c(F)c1. The van der Waals surface area contributed by atoms with Gasteiger partial charge in [0.1, 0.15) is 0 Å². The number of benzene rings is 1. The summed E-state index contributed by atoms with van der Waals surface area (Å²) in [7, 11) is 0. The Hall–Kier alpha value is -1.10. The third-order valence-corrected chi connectivity index (χ3v) is 2.58. The van der Waals surface area contributed by atoms with Gasteiger partial charge in [0.05, 0.1) is 4.92 Å². The molecule has 0 unspecified atom stereocenters. The minimum atomic E-state index is -0.758. The zero-order chi connectivity index (χ0) is 10.7. The molecule has 0 atom stereocenters. The van der Waals surface area contributed by atoms with Crippen molar-refractivity contribution in [3.8, 4) is 0 Å². The van der Waals surface area contributed by atoms with Crippen LogP contribution in [-0.4, -0.2) is 10.7 Å². The lowest BCUT2D eigenvalue weighted by molar-refractivity contribution is -0.388. The lowest BCUT2D eigenvalue weighted by Crippen LogP contribution is -1.96. The smallest absolute Gasteiger partial charge is 0.258 e. The Bertz CT molecular complexity index is 345. The highest BCUT2D eigenvalue weighted by Crippen LogP contribution is 2.28. The molecule has 0 fully saturated rings. The number of thioether (sulfide) groups is 1. The van der Waals surface area contributed by atoms with Crippen LogP contribution in [0.4, 0.5) is 10.1 Å². The van der Waals surface area contributed by atoms with E-state index >= 15 is 0 Å². The summed E-state index contributed by atoms with van der Waals surface area (Å²) in [6, 6.07) is 2.84. The topological polar surface area (TPSA) is 43.1 Å². The molecule has 0 saturated heterocycles. The molecular formula is C9H10FNO2S. The fourth-order valence-corrected chi connectivity index (χ4v) is 1.97. The number of nitrogens with zero attached hydrogens (tertiary/aromatic N) is 1. The van der Waals surface area contributed by atoms with Crippen LogP contribution in [0.2, 0.25) is 0 Å². The van der Waals surface area contributed by atoms with Crippen molar-refractivity contribution in [2.45, 2.75) is 18.7 Å². The third kappa shape index (κ3) is 2.23. The average molecular weight is 215 g/mol. The highest BCUT2D eigenvalue weighted by atomic mass is 32.2. The van der Waals surface area contributed by atoms with Gasteiger partial charge in [0, 0.05) is 10.5 Å². The number of hydrogen-bond acceptors (Lipinski definition) is 3. The Morgan fingerprint density at radius 2 is 2.21 bits per heavy atom. The Morgan fingerprint density at radius 3 is 2.64 bits per heavy atom. The van der Waals surface area contributed by atoms with Crippen molar-refractivity contribution in [2.75, 3.05) is 5.75 Å². The number of halogens is 1. The van der Waals surface area contributed by atoms with Gasteiger partial charge in [-0.05, 0) is 24.8 Å². The minimum absolute atomic E-state index is 0.367. The zero-order valence-electron chi connectivity index (χ0n) is 7.91. The highest BCUT2D eigenvalue weighted by Gasteiger charge is 2.18. The average Bonchev–Trinajstić information content (AvgIpc) is 2.01. The van der Waals surface area contributed by atoms with Crippen molar-refractivity contribution in [1.29, 1.82) is 0 Å². The summed E-state index contributed by atoms with van der Waals surface area (Å²) in [4.78, 5) is 10.5. The van der Waals surface area contributed by atoms with E-state index in [9.17, 15) is 14.5 Å². The van der Waals surface area contributed by atoms with Crippen LogP contribution in [0.3, 0.4) is 0 Å². The normalized spacial score (nSPS) is 10.2. The van der Waals surface area contributed by atoms with E-state index in [1.807, 2.05) is 6.92 Å². The molecule has 1 aromatic carbocycles. The summed E-state index contributed by atoms with van der Waals surface area (Å²) >= 11 is 1.46. The van der Waals surface area contributed by atoms with Crippen LogP contribution >= 0.6 is 11.8 Å². The number of rotatable bonds is 3. The molecule has 0 bridgehead atoms. The molecule has 3 nitrogen and oxygen atoms in total. The molecule has 0 saturated carbocycles. The van der Waals surface area contributed by atoms with E-state index < -0.39 is 16.4 Å². The highest BCUT2D eigenvalue weighted by molar-refractivity contribution is 7.99. The van der Waals surface area contributed by atoms with Crippen LogP contribution in [0.25, 0.3) is 0 Å². The van der Waals surface area contributed by atoms with E-state index in [4.69, 9.17) is 0 Å². The second-order valence-electron chi connectivity index (χ2n) is 2.76. The number of nitro groups is 1. The number of nitro benzene ring substituents is 1. The predicted molar refractivity (Wildman–Crippen MR) is 54.2 cm³/mol. The van der Waals surface area contributed by atoms with Crippen LogP contribution in [0.5, 0.6) is 0 Å². The van der Waals surface area contributed by atoms with E-state index in [2.05, 4.69) is 0 Å². The van der Waals surface area contributed by atoms with Gasteiger partial charge in [-0.25, -0.2) is 0 Å². The maximum Gasteiger partial charge on any atom is 0.307 e. The molecule has 0 aliphatic heterocycles. The first-order valence-corrected chi connectivity index (χ1v) is 5.12. The van der Waals surface area contributed by atoms with Crippen LogP contribution in [0, 0.1) is 22.9 Å². The fraction of sp³-hybridized carbons (Fsp3) is 0.333. The zero-order valence-corrected chi connectivity index (χ0v) is 8.73. The maximum atomic E-state index is 13.2. The molecule has 1 rings (SSSR count). The van der Waals surface area contributed by atoms with Gasteiger partial charge in [-0.15, -0.1) is 11.8 Å². The summed E-state index contributed by atoms with van der Waals surface area (Å²) in [5, 5.41) is 10.5. The molecule has 0 aromatic heterocycles. The molecule has 0 aliphatic rings. The van der Waals surface area contributed by atoms with Gasteiger partial charge in [-0.2, -0.15) is 4.39 Å². The van der Waals surface area contributed by atoms with Gasteiger partial charge in [0.15, 0.2) is 0 Å². The van der Waals surface area contributed by atoms with Crippen molar-refractivity contribution in [2.24, 2.45) is 0 Å². The van der Waals surface area contributed by atoms with Gasteiger partial charge in [-0.3, -0.25) is 10.1 Å². The molecule has 76 valence electrons. The van der Waals surface area contributed by atoms with Crippen LogP contribution < -0.4 is 0 Å². The quantitative estimate of drug-likeness (QED) is 0.442. The Labute approximate surface area is 85.5 Å². The van der Waals surface area contributed by atoms with Crippen molar-refractivity contribution in [3.63, 3.8) is 0 Å². The third-order valence-electron chi connectivity index (χ3n) is 1.72. The summed E-state index contributed by atoms with van der Waals surface area (Å²) in [5.74, 6) is 0.0578. The minimum Gasteiger partial charge on any atom is -0.258 e. The molecule has 0 N–H and O–H groups in total. The first-order chi connectivity index (χ1) is 6.56. The second-order valence-corrected chi connectivity index (χ2v) is 4.10. The van der Waals surface area contributed by atoms with E-state index in [1.54, 1.807) is 13.0 Å². The maximum absolute atomic E-state index is 13.2. The van der Waals surface area contributed by atoms with Gasteiger partial charge < -0.3 is 0 Å². The van der Waals surface area contributed by atoms with E-state index in [0.717, 1.165) is 10.6 Å². The van der Waals surface area contributed by atoms with Crippen LogP contribution in [0.15, 0.2) is 17.0 Å². The van der Waals surface area contributed by atoms with E-state index in [-0.39, 0.29) is 0 Å². The Balaban J connectivity index is 3.18. The molecule has 0 aliphatic carbocycles. The van der Waals surface area contributed by atoms with Crippen molar-refractivity contribution >= 4 is 17.4 Å². The van der Waals surface area contributed by atoms with Gasteiger partial charge in [0.2, 0.25) is 5.82 Å². The van der Waals surface area contributed by atoms with Crippen LogP contribution in [-0.2, 0) is 0 Å². The molecule has 0 spiro atoms. The Morgan fingerprint density at radius 1 is 1.57 bits per heavy atom. The summed E-state index contributed by atoms with van der Waals surface area (Å²) in [6.07, 6.45) is 0. The lowest BCUT2D eigenvalue weighted by Gasteiger charge is -2.02. The molecular weight excluding hydrogens is 205 g/mol. The first kappa shape index (κ1) is 11.0. The van der Waals surface area contributed by atoms with Crippen LogP contribution in [0.1, 0.15) is 12.5 Å². The van der Waals surface area contributed by atoms with Crippen molar-refractivity contribution in [3.05, 3.63) is 33.6 Å². The summed E-state index contributed by atoms with van der Waals surface area (Å²) in [6.45, 7) is 3.49. The van der Waals surface area contributed by atoms with Gasteiger partial charge in [0.25, 0.3) is 0 Å². The lowest BCUT2D eigenvalue weighted by atomic mass is 10.2. The summed E-state index contributed by atoms with van der Waals surface area (Å²) < 4.78 is 13.2. The first-order valence-electron chi connectivity index (χ1n) is 4.13. The number of hydrogen-bond donors (Lipinski definition) is 0. The molecule has 5 heteroatoms. The predicted octanol–water partition coefficient (Wildman–Crippen LogP) is 3.15. The Kier molecular flexibility index (Phi) is 3.46. The van der Waals surface area contributed by atoms with Gasteiger partial charge >= 0.3 is 5.69 Å². The van der Waals surface area contributed by atoms with Crippen molar-refractivity contribution < 1.29 is 9.31 Å². The molecule has 14 heavy (non-hydrogen) atoms. The molecule has 0 radical (unpaired) electrons. The van der Waals surface area contributed by atoms with Gasteiger partial charge in [-0.1, -0.05) is 6.92 Å². The van der Waals surface area contributed by atoms with Crippen molar-refractivity contribution in [1.82, 2.24) is 0 Å². The van der Waals surface area contributed by atoms with E-state index in [1.165, 1.54) is 17.8 Å². The summed E-state index contributed by atoms with van der Waals surface area (Å²) in [5.41, 5.74) is -0.0589. The molecule has 0 amide bonds. The number of aryl methyl sites for hydroxylation is 1. The largest absolute Gasteiger partial charge is 0.307 e.